The molecule has 0 aliphatic heterocycles. The standard InChI is InChI=1S/C26H40Si/c1-8-22-15-23(9-2)17-25(16-22)27(7,24-13-11-10-12-14-24)26(6)18-19(3)20(4)21(26)5/h15-18,24H,8-14H2,1-7H3. The van der Waals surface area contributed by atoms with Gasteiger partial charge in [-0.3, -0.25) is 0 Å². The summed E-state index contributed by atoms with van der Waals surface area (Å²) in [6.07, 6.45) is 12.2. The molecule has 148 valence electrons. The lowest BCUT2D eigenvalue weighted by Gasteiger charge is -2.50. The zero-order valence-electron chi connectivity index (χ0n) is 18.8. The number of hydrogen-bond acceptors (Lipinski definition) is 0. The third kappa shape index (κ3) is 3.31. The second-order valence-electron chi connectivity index (χ2n) is 9.56. The Balaban J connectivity index is 2.24. The SMILES string of the molecule is CCc1cc(CC)cc([Si](C)(C2CCCCC2)C2(C)C=C(C)C(C)=C2C)c1. The number of allylic oxidation sites excluding steroid dienone is 4. The first-order valence-electron chi connectivity index (χ1n) is 11.3. The Bertz CT molecular complexity index is 740. The molecule has 0 bridgehead atoms. The maximum atomic E-state index is 2.74. The van der Waals surface area contributed by atoms with E-state index in [-0.39, 0.29) is 5.04 Å². The van der Waals surface area contributed by atoms with Gasteiger partial charge in [0.25, 0.3) is 0 Å². The summed E-state index contributed by atoms with van der Waals surface area (Å²) < 4.78 is 0. The highest BCUT2D eigenvalue weighted by atomic mass is 28.3. The second kappa shape index (κ2) is 7.74. The van der Waals surface area contributed by atoms with Gasteiger partial charge in [0, 0.05) is 5.04 Å². The minimum absolute atomic E-state index is 0.251. The summed E-state index contributed by atoms with van der Waals surface area (Å²) in [7, 11) is -1.79. The first-order chi connectivity index (χ1) is 12.8. The molecule has 2 unspecified atom stereocenters. The Morgan fingerprint density at radius 3 is 1.93 bits per heavy atom. The van der Waals surface area contributed by atoms with Crippen molar-refractivity contribution in [1.29, 1.82) is 0 Å². The van der Waals surface area contributed by atoms with Crippen LogP contribution in [0.5, 0.6) is 0 Å². The molecule has 0 spiro atoms. The molecule has 3 rings (SSSR count). The molecule has 27 heavy (non-hydrogen) atoms. The maximum Gasteiger partial charge on any atom is 0.101 e. The van der Waals surface area contributed by atoms with E-state index >= 15 is 0 Å². The summed E-state index contributed by atoms with van der Waals surface area (Å²) in [5.74, 6) is 0. The average molecular weight is 381 g/mol. The van der Waals surface area contributed by atoms with Crippen LogP contribution in [-0.4, -0.2) is 8.07 Å². The highest BCUT2D eigenvalue weighted by Crippen LogP contribution is 2.58. The molecular weight excluding hydrogens is 340 g/mol. The molecule has 1 heteroatoms. The summed E-state index contributed by atoms with van der Waals surface area (Å²) in [5, 5.41) is 1.98. The van der Waals surface area contributed by atoms with E-state index < -0.39 is 8.07 Å². The van der Waals surface area contributed by atoms with Crippen LogP contribution in [0.2, 0.25) is 17.1 Å². The zero-order valence-corrected chi connectivity index (χ0v) is 19.8. The van der Waals surface area contributed by atoms with E-state index in [1.807, 2.05) is 0 Å². The number of aryl methyl sites for hydroxylation is 2. The van der Waals surface area contributed by atoms with Gasteiger partial charge in [-0.25, -0.2) is 0 Å². The smallest absolute Gasteiger partial charge is 0.0737 e. The predicted molar refractivity (Wildman–Crippen MR) is 124 cm³/mol. The van der Waals surface area contributed by atoms with Gasteiger partial charge in [-0.15, -0.1) is 0 Å². The first-order valence-corrected chi connectivity index (χ1v) is 13.9. The average Bonchev–Trinajstić information content (AvgIpc) is 2.91. The van der Waals surface area contributed by atoms with Crippen molar-refractivity contribution < 1.29 is 0 Å². The molecule has 0 heterocycles. The van der Waals surface area contributed by atoms with Gasteiger partial charge in [0.15, 0.2) is 0 Å². The maximum absolute atomic E-state index is 2.74. The van der Waals surface area contributed by atoms with Gasteiger partial charge in [0.2, 0.25) is 0 Å². The summed E-state index contributed by atoms with van der Waals surface area (Å²) in [6.45, 7) is 17.1. The number of hydrogen-bond donors (Lipinski definition) is 0. The van der Waals surface area contributed by atoms with Crippen molar-refractivity contribution >= 4 is 13.3 Å². The van der Waals surface area contributed by atoms with Crippen molar-refractivity contribution in [2.24, 2.45) is 0 Å². The number of rotatable bonds is 5. The van der Waals surface area contributed by atoms with Crippen LogP contribution in [0.3, 0.4) is 0 Å². The molecule has 1 aromatic rings. The van der Waals surface area contributed by atoms with E-state index in [0.29, 0.717) is 0 Å². The van der Waals surface area contributed by atoms with Gasteiger partial charge in [0.1, 0.15) is 8.07 Å². The quantitative estimate of drug-likeness (QED) is 0.464. The Morgan fingerprint density at radius 1 is 0.926 bits per heavy atom. The highest BCUT2D eigenvalue weighted by molar-refractivity contribution is 6.95. The Labute approximate surface area is 169 Å². The Kier molecular flexibility index (Phi) is 5.92. The van der Waals surface area contributed by atoms with Crippen LogP contribution >= 0.6 is 0 Å². The first kappa shape index (κ1) is 20.6. The lowest BCUT2D eigenvalue weighted by atomic mass is 10.00. The van der Waals surface area contributed by atoms with Crippen molar-refractivity contribution in [3.63, 3.8) is 0 Å². The molecule has 0 N–H and O–H groups in total. The molecule has 1 saturated carbocycles. The van der Waals surface area contributed by atoms with Gasteiger partial charge >= 0.3 is 0 Å². The molecule has 0 nitrogen and oxygen atoms in total. The zero-order chi connectivity index (χ0) is 19.8. The van der Waals surface area contributed by atoms with Gasteiger partial charge in [-0.05, 0) is 55.9 Å². The van der Waals surface area contributed by atoms with E-state index in [2.05, 4.69) is 72.4 Å². The largest absolute Gasteiger partial charge is 0.101 e. The summed E-state index contributed by atoms with van der Waals surface area (Å²) in [5.41, 5.74) is 8.71. The fourth-order valence-electron chi connectivity index (χ4n) is 5.98. The van der Waals surface area contributed by atoms with Crippen molar-refractivity contribution in [1.82, 2.24) is 0 Å². The Morgan fingerprint density at radius 2 is 1.48 bits per heavy atom. The van der Waals surface area contributed by atoms with Gasteiger partial charge < -0.3 is 0 Å². The molecule has 1 aromatic carbocycles. The fraction of sp³-hybridized carbons (Fsp3) is 0.615. The van der Waals surface area contributed by atoms with Crippen LogP contribution in [0.25, 0.3) is 0 Å². The van der Waals surface area contributed by atoms with E-state index in [1.165, 1.54) is 37.7 Å². The van der Waals surface area contributed by atoms with E-state index in [4.69, 9.17) is 0 Å². The third-order valence-electron chi connectivity index (χ3n) is 8.41. The van der Waals surface area contributed by atoms with E-state index in [1.54, 1.807) is 27.5 Å². The molecule has 1 fully saturated rings. The van der Waals surface area contributed by atoms with Crippen LogP contribution in [0.1, 0.15) is 84.8 Å². The minimum atomic E-state index is -1.79. The predicted octanol–water partition coefficient (Wildman–Crippen LogP) is 7.49. The van der Waals surface area contributed by atoms with Crippen molar-refractivity contribution in [2.75, 3.05) is 0 Å². The molecule has 2 atom stereocenters. The van der Waals surface area contributed by atoms with E-state index in [9.17, 15) is 0 Å². The summed E-state index contributed by atoms with van der Waals surface area (Å²) in [4.78, 5) is 0. The lowest BCUT2D eigenvalue weighted by Crippen LogP contribution is -2.58. The molecule has 2 aliphatic carbocycles. The molecular formula is C26H40Si. The molecule has 0 saturated heterocycles. The Hall–Kier alpha value is -1.08. The van der Waals surface area contributed by atoms with Crippen molar-refractivity contribution in [2.45, 2.75) is 104 Å². The van der Waals surface area contributed by atoms with Crippen LogP contribution in [0.15, 0.2) is 41.0 Å². The van der Waals surface area contributed by atoms with Crippen molar-refractivity contribution in [3.05, 3.63) is 52.1 Å². The van der Waals surface area contributed by atoms with Gasteiger partial charge in [-0.2, -0.15) is 0 Å². The van der Waals surface area contributed by atoms with Crippen LogP contribution in [0, 0.1) is 0 Å². The monoisotopic (exact) mass is 380 g/mol. The minimum Gasteiger partial charge on any atom is -0.0737 e. The molecule has 0 amide bonds. The summed E-state index contributed by atoms with van der Waals surface area (Å²) >= 11 is 0. The molecule has 2 aliphatic rings. The van der Waals surface area contributed by atoms with Crippen molar-refractivity contribution in [3.8, 4) is 0 Å². The fourth-order valence-corrected chi connectivity index (χ4v) is 11.9. The third-order valence-corrected chi connectivity index (χ3v) is 14.8. The normalized spacial score (nSPS) is 26.3. The topological polar surface area (TPSA) is 0 Å². The lowest BCUT2D eigenvalue weighted by molar-refractivity contribution is 0.486. The van der Waals surface area contributed by atoms with E-state index in [0.717, 1.165) is 18.4 Å². The highest BCUT2D eigenvalue weighted by Gasteiger charge is 2.54. The van der Waals surface area contributed by atoms with Crippen LogP contribution < -0.4 is 5.19 Å². The molecule has 0 aromatic heterocycles. The van der Waals surface area contributed by atoms with Gasteiger partial charge in [0.05, 0.1) is 0 Å². The second-order valence-corrected chi connectivity index (χ2v) is 14.4. The van der Waals surface area contributed by atoms with Crippen LogP contribution in [0.4, 0.5) is 0 Å². The number of benzene rings is 1. The summed E-state index contributed by atoms with van der Waals surface area (Å²) in [6, 6.07) is 7.66. The van der Waals surface area contributed by atoms with Gasteiger partial charge in [-0.1, -0.05) is 100 Å². The molecule has 0 radical (unpaired) electrons. The van der Waals surface area contributed by atoms with Crippen LogP contribution in [-0.2, 0) is 12.8 Å².